The third-order valence-corrected chi connectivity index (χ3v) is 3.02. The fourth-order valence-corrected chi connectivity index (χ4v) is 1.98. The molecule has 0 aliphatic carbocycles. The van der Waals surface area contributed by atoms with Gasteiger partial charge in [0.25, 0.3) is 0 Å². The molecule has 0 spiro atoms. The van der Waals surface area contributed by atoms with Crippen LogP contribution in [-0.4, -0.2) is 35.0 Å². The van der Waals surface area contributed by atoms with Crippen molar-refractivity contribution in [1.29, 1.82) is 5.41 Å². The van der Waals surface area contributed by atoms with E-state index in [0.717, 1.165) is 0 Å². The highest BCUT2D eigenvalue weighted by molar-refractivity contribution is 5.85. The zero-order valence-electron chi connectivity index (χ0n) is 11.5. The molecule has 5 nitrogen and oxygen atoms in total. The van der Waals surface area contributed by atoms with Crippen molar-refractivity contribution in [3.05, 3.63) is 48.2 Å². The number of rotatable bonds is 3. The van der Waals surface area contributed by atoms with Crippen LogP contribution in [0, 0.1) is 5.41 Å². The van der Waals surface area contributed by atoms with Crippen molar-refractivity contribution < 1.29 is 28.7 Å². The fraction of sp³-hybridized carbons (Fsp3) is 0.214. The molecule has 0 bridgehead atoms. The van der Waals surface area contributed by atoms with Gasteiger partial charge in [0.05, 0.1) is 0 Å². The van der Waals surface area contributed by atoms with Gasteiger partial charge in [0.1, 0.15) is 18.2 Å². The SMILES string of the molecule is N=C(CO)N1C=C(c2ccc(OC(F)(F)F)cc2)C=CC1[NH3+]. The molecule has 118 valence electrons. The van der Waals surface area contributed by atoms with Crippen molar-refractivity contribution in [3.8, 4) is 5.75 Å². The van der Waals surface area contributed by atoms with Gasteiger partial charge in [-0.25, -0.2) is 0 Å². The van der Waals surface area contributed by atoms with Crippen LogP contribution in [0.4, 0.5) is 13.2 Å². The van der Waals surface area contributed by atoms with E-state index < -0.39 is 13.0 Å². The van der Waals surface area contributed by atoms with Gasteiger partial charge in [0.15, 0.2) is 6.17 Å². The van der Waals surface area contributed by atoms with Gasteiger partial charge in [-0.2, -0.15) is 0 Å². The van der Waals surface area contributed by atoms with E-state index in [4.69, 9.17) is 10.5 Å². The number of quaternary nitrogens is 1. The average Bonchev–Trinajstić information content (AvgIpc) is 2.46. The van der Waals surface area contributed by atoms with Crippen LogP contribution in [0.25, 0.3) is 5.57 Å². The zero-order chi connectivity index (χ0) is 16.3. The van der Waals surface area contributed by atoms with E-state index in [-0.39, 0.29) is 17.8 Å². The van der Waals surface area contributed by atoms with Crippen molar-refractivity contribution in [3.63, 3.8) is 0 Å². The smallest absolute Gasteiger partial charge is 0.406 e. The topological polar surface area (TPSA) is 84.2 Å². The molecule has 1 heterocycles. The van der Waals surface area contributed by atoms with Gasteiger partial charge in [-0.05, 0) is 35.4 Å². The Morgan fingerprint density at radius 1 is 1.32 bits per heavy atom. The molecule has 0 amide bonds. The van der Waals surface area contributed by atoms with E-state index in [0.29, 0.717) is 11.1 Å². The molecule has 8 heteroatoms. The number of aliphatic hydroxyl groups excluding tert-OH is 1. The maximum Gasteiger partial charge on any atom is 0.573 e. The number of benzene rings is 1. The van der Waals surface area contributed by atoms with Gasteiger partial charge >= 0.3 is 6.36 Å². The largest absolute Gasteiger partial charge is 0.573 e. The Hall–Kier alpha value is -2.32. The molecule has 2 rings (SSSR count). The first-order valence-corrected chi connectivity index (χ1v) is 6.36. The Kier molecular flexibility index (Phi) is 4.53. The van der Waals surface area contributed by atoms with Crippen molar-refractivity contribution in [2.75, 3.05) is 6.61 Å². The van der Waals surface area contributed by atoms with Crippen LogP contribution in [0.15, 0.2) is 42.6 Å². The van der Waals surface area contributed by atoms with Gasteiger partial charge in [-0.1, -0.05) is 12.1 Å². The lowest BCUT2D eigenvalue weighted by molar-refractivity contribution is -0.427. The molecule has 1 aromatic rings. The molecule has 1 atom stereocenters. The maximum absolute atomic E-state index is 12.1. The van der Waals surface area contributed by atoms with Gasteiger partial charge in [0, 0.05) is 6.20 Å². The molecule has 0 saturated carbocycles. The van der Waals surface area contributed by atoms with Crippen LogP contribution in [0.5, 0.6) is 5.75 Å². The number of amidine groups is 1. The standard InChI is InChI=1S/C14H14F3N3O2/c15-14(16,17)22-11-4-1-9(2-5-11)10-3-6-12(18)20(7-10)13(19)8-21/h1-7,12,19,21H,8,18H2/p+1. The summed E-state index contributed by atoms with van der Waals surface area (Å²) in [6, 6.07) is 5.41. The normalized spacial score (nSPS) is 18.1. The first-order valence-electron chi connectivity index (χ1n) is 6.36. The minimum absolute atomic E-state index is 0.0149. The number of nitrogens with one attached hydrogen (secondary N) is 1. The van der Waals surface area contributed by atoms with E-state index in [1.807, 2.05) is 0 Å². The van der Waals surface area contributed by atoms with E-state index in [1.54, 1.807) is 18.4 Å². The summed E-state index contributed by atoms with van der Waals surface area (Å²) in [5, 5.41) is 16.7. The molecular formula is C14H15F3N3O2+. The Bertz CT molecular complexity index is 609. The first kappa shape index (κ1) is 16.1. The molecule has 1 aromatic carbocycles. The summed E-state index contributed by atoms with van der Waals surface area (Å²) in [5.74, 6) is -0.314. The molecule has 22 heavy (non-hydrogen) atoms. The number of allylic oxidation sites excluding steroid dienone is 2. The second-order valence-electron chi connectivity index (χ2n) is 4.60. The zero-order valence-corrected chi connectivity index (χ0v) is 11.5. The van der Waals surface area contributed by atoms with Crippen LogP contribution in [-0.2, 0) is 0 Å². The summed E-state index contributed by atoms with van der Waals surface area (Å²) in [4.78, 5) is 1.48. The maximum atomic E-state index is 12.1. The van der Waals surface area contributed by atoms with Crippen LogP contribution in [0.3, 0.4) is 0 Å². The number of ether oxygens (including phenoxy) is 1. The minimum atomic E-state index is -4.72. The third kappa shape index (κ3) is 3.86. The van der Waals surface area contributed by atoms with Crippen LogP contribution < -0.4 is 10.5 Å². The molecule has 0 saturated heterocycles. The number of aliphatic hydroxyl groups is 1. The van der Waals surface area contributed by atoms with Gasteiger partial charge in [-0.3, -0.25) is 10.3 Å². The van der Waals surface area contributed by atoms with Crippen molar-refractivity contribution in [1.82, 2.24) is 4.90 Å². The molecule has 0 fully saturated rings. The predicted octanol–water partition coefficient (Wildman–Crippen LogP) is 1.34. The molecule has 1 unspecified atom stereocenters. The van der Waals surface area contributed by atoms with Gasteiger partial charge in [0.2, 0.25) is 0 Å². The number of alkyl halides is 3. The summed E-state index contributed by atoms with van der Waals surface area (Å²) in [7, 11) is 0. The number of hydrogen-bond acceptors (Lipinski definition) is 3. The average molecular weight is 314 g/mol. The quantitative estimate of drug-likeness (QED) is 0.581. The molecular weight excluding hydrogens is 299 g/mol. The van der Waals surface area contributed by atoms with E-state index in [2.05, 4.69) is 10.5 Å². The Morgan fingerprint density at radius 2 is 1.95 bits per heavy atom. The van der Waals surface area contributed by atoms with Crippen LogP contribution >= 0.6 is 0 Å². The summed E-state index contributed by atoms with van der Waals surface area (Å²) in [6.07, 6.45) is 0.0735. The molecule has 5 N–H and O–H groups in total. The van der Waals surface area contributed by atoms with Gasteiger partial charge < -0.3 is 15.6 Å². The Labute approximate surface area is 124 Å². The summed E-state index contributed by atoms with van der Waals surface area (Å²) >= 11 is 0. The lowest BCUT2D eigenvalue weighted by Gasteiger charge is -2.26. The summed E-state index contributed by atoms with van der Waals surface area (Å²) in [5.41, 5.74) is 5.18. The monoisotopic (exact) mass is 314 g/mol. The van der Waals surface area contributed by atoms with E-state index in [1.165, 1.54) is 29.2 Å². The minimum Gasteiger partial charge on any atom is -0.406 e. The lowest BCUT2D eigenvalue weighted by atomic mass is 10.0. The Morgan fingerprint density at radius 3 is 2.50 bits per heavy atom. The van der Waals surface area contributed by atoms with Gasteiger partial charge in [-0.15, -0.1) is 13.2 Å². The Balaban J connectivity index is 2.21. The van der Waals surface area contributed by atoms with Crippen molar-refractivity contribution in [2.45, 2.75) is 12.5 Å². The molecule has 0 aromatic heterocycles. The fourth-order valence-electron chi connectivity index (χ4n) is 1.98. The van der Waals surface area contributed by atoms with Crippen LogP contribution in [0.2, 0.25) is 0 Å². The second kappa shape index (κ2) is 6.20. The highest BCUT2D eigenvalue weighted by Crippen LogP contribution is 2.26. The van der Waals surface area contributed by atoms with Crippen molar-refractivity contribution >= 4 is 11.4 Å². The predicted molar refractivity (Wildman–Crippen MR) is 73.6 cm³/mol. The van der Waals surface area contributed by atoms with Crippen molar-refractivity contribution in [2.24, 2.45) is 0 Å². The molecule has 1 aliphatic heterocycles. The highest BCUT2D eigenvalue weighted by atomic mass is 19.4. The number of nitrogens with zero attached hydrogens (tertiary/aromatic N) is 1. The summed E-state index contributed by atoms with van der Waals surface area (Å²) < 4.78 is 40.2. The summed E-state index contributed by atoms with van der Waals surface area (Å²) in [6.45, 7) is -0.429. The number of hydrogen-bond donors (Lipinski definition) is 3. The highest BCUT2D eigenvalue weighted by Gasteiger charge is 2.31. The third-order valence-electron chi connectivity index (χ3n) is 3.02. The first-order chi connectivity index (χ1) is 10.3. The molecule has 1 aliphatic rings. The van der Waals surface area contributed by atoms with Crippen LogP contribution in [0.1, 0.15) is 5.56 Å². The number of halogens is 3. The van der Waals surface area contributed by atoms with E-state index in [9.17, 15) is 13.2 Å². The lowest BCUT2D eigenvalue weighted by Crippen LogP contribution is -2.68. The second-order valence-corrected chi connectivity index (χ2v) is 4.60. The molecule has 0 radical (unpaired) electrons. The van der Waals surface area contributed by atoms with E-state index >= 15 is 0 Å².